The van der Waals surface area contributed by atoms with Crippen LogP contribution >= 0.6 is 15.9 Å². The predicted molar refractivity (Wildman–Crippen MR) is 102 cm³/mol. The second-order valence-corrected chi connectivity index (χ2v) is 6.44. The Morgan fingerprint density at radius 3 is 2.58 bits per heavy atom. The van der Waals surface area contributed by atoms with E-state index in [-0.39, 0.29) is 12.3 Å². The molecular weight excluding hydrogens is 398 g/mol. The summed E-state index contributed by atoms with van der Waals surface area (Å²) in [6.45, 7) is 0. The molecule has 2 N–H and O–H groups in total. The second kappa shape index (κ2) is 7.97. The first-order valence-electron chi connectivity index (χ1n) is 7.83. The summed E-state index contributed by atoms with van der Waals surface area (Å²) in [5.41, 5.74) is 6.00. The number of rotatable bonds is 4. The minimum atomic E-state index is -0.408. The van der Waals surface area contributed by atoms with Crippen LogP contribution in [0.3, 0.4) is 0 Å². The zero-order valence-corrected chi connectivity index (χ0v) is 15.5. The fourth-order valence-electron chi connectivity index (χ4n) is 2.63. The first-order valence-corrected chi connectivity index (χ1v) is 8.62. The van der Waals surface area contributed by atoms with E-state index < -0.39 is 5.91 Å². The second-order valence-electron chi connectivity index (χ2n) is 5.53. The number of hydrogen-bond donors (Lipinski definition) is 2. The van der Waals surface area contributed by atoms with Crippen LogP contribution in [0.15, 0.2) is 59.3 Å². The average molecular weight is 414 g/mol. The Morgan fingerprint density at radius 1 is 1.08 bits per heavy atom. The molecule has 132 valence electrons. The van der Waals surface area contributed by atoms with Crippen LogP contribution in [0.25, 0.3) is 10.8 Å². The lowest BCUT2D eigenvalue weighted by Crippen LogP contribution is -2.42. The number of nitrogens with one attached hydrogen (secondary N) is 2. The van der Waals surface area contributed by atoms with Crippen LogP contribution in [0.4, 0.5) is 0 Å². The molecule has 0 saturated heterocycles. The number of halogens is 1. The van der Waals surface area contributed by atoms with Gasteiger partial charge in [-0.1, -0.05) is 28.1 Å². The Labute approximate surface area is 158 Å². The van der Waals surface area contributed by atoms with Gasteiger partial charge < -0.3 is 4.74 Å². The summed E-state index contributed by atoms with van der Waals surface area (Å²) in [6.07, 6.45) is 3.09. The summed E-state index contributed by atoms with van der Waals surface area (Å²) in [7, 11) is 1.56. The molecule has 0 atom stereocenters. The average Bonchev–Trinajstić information content (AvgIpc) is 2.66. The van der Waals surface area contributed by atoms with Crippen molar-refractivity contribution in [3.05, 3.63) is 70.5 Å². The van der Waals surface area contributed by atoms with Crippen LogP contribution in [0.2, 0.25) is 0 Å². The number of hydrazine groups is 1. The summed E-state index contributed by atoms with van der Waals surface area (Å²) in [6, 6.07) is 12.7. The highest BCUT2D eigenvalue weighted by Crippen LogP contribution is 2.30. The van der Waals surface area contributed by atoms with Crippen molar-refractivity contribution in [1.82, 2.24) is 15.8 Å². The van der Waals surface area contributed by atoms with Crippen molar-refractivity contribution in [3.8, 4) is 5.75 Å². The van der Waals surface area contributed by atoms with Gasteiger partial charge in [0.1, 0.15) is 5.75 Å². The Hall–Kier alpha value is -2.93. The monoisotopic (exact) mass is 413 g/mol. The van der Waals surface area contributed by atoms with Gasteiger partial charge in [-0.05, 0) is 41.1 Å². The van der Waals surface area contributed by atoms with Crippen LogP contribution < -0.4 is 15.6 Å². The Bertz CT molecular complexity index is 961. The van der Waals surface area contributed by atoms with Crippen molar-refractivity contribution >= 4 is 38.5 Å². The van der Waals surface area contributed by atoms with Gasteiger partial charge in [0.2, 0.25) is 5.91 Å². The van der Waals surface area contributed by atoms with Crippen LogP contribution in [0.1, 0.15) is 15.9 Å². The fourth-order valence-corrected chi connectivity index (χ4v) is 3.00. The molecule has 2 amide bonds. The Morgan fingerprint density at radius 2 is 1.85 bits per heavy atom. The van der Waals surface area contributed by atoms with Gasteiger partial charge >= 0.3 is 0 Å². The Kier molecular flexibility index (Phi) is 5.48. The minimum Gasteiger partial charge on any atom is -0.496 e. The predicted octanol–water partition coefficient (Wildman–Crippen LogP) is 3.01. The SMILES string of the molecule is COc1ccc2cc(Br)ccc2c1CC(=O)NNC(=O)c1ccncc1. The number of carbonyl (C=O) groups is 2. The largest absolute Gasteiger partial charge is 0.496 e. The first-order chi connectivity index (χ1) is 12.6. The quantitative estimate of drug-likeness (QED) is 0.644. The van der Waals surface area contributed by atoms with Gasteiger partial charge in [0, 0.05) is 28.0 Å². The number of amides is 2. The first kappa shape index (κ1) is 17.9. The zero-order chi connectivity index (χ0) is 18.5. The molecule has 0 radical (unpaired) electrons. The van der Waals surface area contributed by atoms with Crippen molar-refractivity contribution < 1.29 is 14.3 Å². The molecule has 0 aliphatic heterocycles. The number of aromatic nitrogens is 1. The van der Waals surface area contributed by atoms with Gasteiger partial charge in [0.05, 0.1) is 13.5 Å². The molecule has 1 heterocycles. The highest BCUT2D eigenvalue weighted by atomic mass is 79.9. The van der Waals surface area contributed by atoms with Crippen LogP contribution in [-0.4, -0.2) is 23.9 Å². The zero-order valence-electron chi connectivity index (χ0n) is 14.0. The molecule has 0 fully saturated rings. The van der Waals surface area contributed by atoms with E-state index in [9.17, 15) is 9.59 Å². The van der Waals surface area contributed by atoms with E-state index in [1.807, 2.05) is 30.3 Å². The summed E-state index contributed by atoms with van der Waals surface area (Å²) in [5, 5.41) is 1.91. The number of methoxy groups -OCH3 is 1. The third-order valence-electron chi connectivity index (χ3n) is 3.87. The molecule has 6 nitrogen and oxygen atoms in total. The van der Waals surface area contributed by atoms with Gasteiger partial charge in [0.25, 0.3) is 5.91 Å². The number of carbonyl (C=O) groups excluding carboxylic acids is 2. The van der Waals surface area contributed by atoms with Crippen LogP contribution in [-0.2, 0) is 11.2 Å². The molecule has 7 heteroatoms. The van der Waals surface area contributed by atoms with Crippen molar-refractivity contribution in [2.45, 2.75) is 6.42 Å². The van der Waals surface area contributed by atoms with E-state index in [1.165, 1.54) is 12.4 Å². The van der Waals surface area contributed by atoms with E-state index in [4.69, 9.17) is 4.74 Å². The lowest BCUT2D eigenvalue weighted by molar-refractivity contribution is -0.121. The topological polar surface area (TPSA) is 80.3 Å². The maximum atomic E-state index is 12.3. The molecule has 0 bridgehead atoms. The third kappa shape index (κ3) is 4.00. The molecule has 0 aliphatic carbocycles. The lowest BCUT2D eigenvalue weighted by atomic mass is 10.0. The number of ether oxygens (including phenoxy) is 1. The highest BCUT2D eigenvalue weighted by molar-refractivity contribution is 9.10. The molecule has 1 aromatic heterocycles. The highest BCUT2D eigenvalue weighted by Gasteiger charge is 2.14. The normalized spacial score (nSPS) is 10.4. The van der Waals surface area contributed by atoms with Gasteiger partial charge in [-0.15, -0.1) is 0 Å². The summed E-state index contributed by atoms with van der Waals surface area (Å²) in [5.74, 6) is -0.133. The van der Waals surface area contributed by atoms with Crippen molar-refractivity contribution in [2.75, 3.05) is 7.11 Å². The molecule has 0 aliphatic rings. The maximum Gasteiger partial charge on any atom is 0.269 e. The summed E-state index contributed by atoms with van der Waals surface area (Å²) >= 11 is 3.44. The molecular formula is C19H16BrN3O3. The van der Waals surface area contributed by atoms with Crippen LogP contribution in [0, 0.1) is 0 Å². The van der Waals surface area contributed by atoms with E-state index >= 15 is 0 Å². The summed E-state index contributed by atoms with van der Waals surface area (Å²) in [4.78, 5) is 28.2. The number of benzene rings is 2. The number of nitrogens with zero attached hydrogens (tertiary/aromatic N) is 1. The molecule has 0 saturated carbocycles. The van der Waals surface area contributed by atoms with E-state index in [0.29, 0.717) is 11.3 Å². The van der Waals surface area contributed by atoms with Gasteiger partial charge in [-0.3, -0.25) is 25.4 Å². The maximum absolute atomic E-state index is 12.3. The molecule has 0 unspecified atom stereocenters. The Balaban J connectivity index is 1.75. The smallest absolute Gasteiger partial charge is 0.269 e. The fraction of sp³-hybridized carbons (Fsp3) is 0.105. The van der Waals surface area contributed by atoms with E-state index in [2.05, 4.69) is 31.8 Å². The minimum absolute atomic E-state index is 0.0682. The lowest BCUT2D eigenvalue weighted by Gasteiger charge is -2.13. The molecule has 2 aromatic carbocycles. The van der Waals surface area contributed by atoms with Crippen LogP contribution in [0.5, 0.6) is 5.75 Å². The standard InChI is InChI=1S/C19H16BrN3O3/c1-26-17-5-2-13-10-14(20)3-4-15(13)16(17)11-18(24)22-23-19(25)12-6-8-21-9-7-12/h2-10H,11H2,1H3,(H,22,24)(H,23,25). The van der Waals surface area contributed by atoms with Crippen molar-refractivity contribution in [2.24, 2.45) is 0 Å². The van der Waals surface area contributed by atoms with Gasteiger partial charge in [-0.2, -0.15) is 0 Å². The third-order valence-corrected chi connectivity index (χ3v) is 4.36. The number of fused-ring (bicyclic) bond motifs is 1. The molecule has 3 aromatic rings. The molecule has 0 spiro atoms. The van der Waals surface area contributed by atoms with Crippen molar-refractivity contribution in [3.63, 3.8) is 0 Å². The van der Waals surface area contributed by atoms with Crippen molar-refractivity contribution in [1.29, 1.82) is 0 Å². The number of pyridine rings is 1. The number of hydrogen-bond acceptors (Lipinski definition) is 4. The molecule has 26 heavy (non-hydrogen) atoms. The van der Waals surface area contributed by atoms with Gasteiger partial charge in [0.15, 0.2) is 0 Å². The summed E-state index contributed by atoms with van der Waals surface area (Å²) < 4.78 is 6.35. The van der Waals surface area contributed by atoms with Gasteiger partial charge in [-0.25, -0.2) is 0 Å². The van der Waals surface area contributed by atoms with E-state index in [1.54, 1.807) is 19.2 Å². The molecule has 3 rings (SSSR count). The van der Waals surface area contributed by atoms with E-state index in [0.717, 1.165) is 20.8 Å².